The summed E-state index contributed by atoms with van der Waals surface area (Å²) in [6.45, 7) is 5.48. The fraction of sp³-hybridized carbons (Fsp3) is 0.500. The van der Waals surface area contributed by atoms with E-state index >= 15 is 0 Å². The van der Waals surface area contributed by atoms with Crippen molar-refractivity contribution in [3.63, 3.8) is 0 Å². The van der Waals surface area contributed by atoms with E-state index in [4.69, 9.17) is 11.6 Å². The standard InChI is InChI=1S/C12H16ClN/c1-8(2)5-12-11-4-3-10(13)6-9(11)7-14-12/h3-4,6,8,12,14H,5,7H2,1-2H3. The summed E-state index contributed by atoms with van der Waals surface area (Å²) in [4.78, 5) is 0. The molecular formula is C12H16ClN. The molecular weight excluding hydrogens is 194 g/mol. The fourth-order valence-corrected chi connectivity index (χ4v) is 2.29. The lowest BCUT2D eigenvalue weighted by atomic mass is 9.97. The lowest BCUT2D eigenvalue weighted by Crippen LogP contribution is -2.13. The van der Waals surface area contributed by atoms with Gasteiger partial charge in [0.1, 0.15) is 0 Å². The van der Waals surface area contributed by atoms with Gasteiger partial charge in [0.05, 0.1) is 0 Å². The maximum Gasteiger partial charge on any atom is 0.0409 e. The van der Waals surface area contributed by atoms with E-state index in [1.54, 1.807) is 0 Å². The van der Waals surface area contributed by atoms with E-state index in [-0.39, 0.29) is 0 Å². The molecule has 0 saturated heterocycles. The molecule has 1 aliphatic heterocycles. The molecule has 2 rings (SSSR count). The topological polar surface area (TPSA) is 12.0 Å². The highest BCUT2D eigenvalue weighted by Gasteiger charge is 2.22. The minimum Gasteiger partial charge on any atom is -0.306 e. The minimum absolute atomic E-state index is 0.530. The molecule has 1 heterocycles. The van der Waals surface area contributed by atoms with Crippen molar-refractivity contribution in [2.75, 3.05) is 0 Å². The molecule has 14 heavy (non-hydrogen) atoms. The van der Waals surface area contributed by atoms with Crippen LogP contribution in [0.1, 0.15) is 37.4 Å². The van der Waals surface area contributed by atoms with Crippen LogP contribution in [0, 0.1) is 5.92 Å². The zero-order chi connectivity index (χ0) is 10.1. The van der Waals surface area contributed by atoms with Gasteiger partial charge in [0, 0.05) is 17.6 Å². The molecule has 0 bridgehead atoms. The summed E-state index contributed by atoms with van der Waals surface area (Å²) in [5, 5.41) is 4.37. The Hall–Kier alpha value is -0.530. The number of nitrogens with one attached hydrogen (secondary N) is 1. The highest BCUT2D eigenvalue weighted by atomic mass is 35.5. The van der Waals surface area contributed by atoms with Crippen LogP contribution in [0.5, 0.6) is 0 Å². The number of hydrogen-bond acceptors (Lipinski definition) is 1. The Balaban J connectivity index is 2.22. The minimum atomic E-state index is 0.530. The Kier molecular flexibility index (Phi) is 2.80. The van der Waals surface area contributed by atoms with Gasteiger partial charge in [-0.3, -0.25) is 0 Å². The third kappa shape index (κ3) is 1.94. The number of benzene rings is 1. The normalized spacial score (nSPS) is 20.1. The van der Waals surface area contributed by atoms with Crippen molar-refractivity contribution < 1.29 is 0 Å². The molecule has 0 fully saturated rings. The molecule has 1 aromatic carbocycles. The molecule has 1 aromatic rings. The van der Waals surface area contributed by atoms with Crippen LogP contribution in [0.4, 0.5) is 0 Å². The van der Waals surface area contributed by atoms with E-state index in [0.29, 0.717) is 6.04 Å². The molecule has 1 N–H and O–H groups in total. The van der Waals surface area contributed by atoms with Crippen molar-refractivity contribution in [1.82, 2.24) is 5.32 Å². The van der Waals surface area contributed by atoms with Crippen molar-refractivity contribution in [1.29, 1.82) is 0 Å². The van der Waals surface area contributed by atoms with Crippen LogP contribution in [-0.2, 0) is 6.54 Å². The third-order valence-electron chi connectivity index (χ3n) is 2.73. The zero-order valence-corrected chi connectivity index (χ0v) is 9.43. The highest BCUT2D eigenvalue weighted by Crippen LogP contribution is 2.31. The van der Waals surface area contributed by atoms with Crippen LogP contribution in [0.25, 0.3) is 0 Å². The van der Waals surface area contributed by atoms with Gasteiger partial charge in [-0.05, 0) is 35.6 Å². The van der Waals surface area contributed by atoms with Crippen LogP contribution in [0.15, 0.2) is 18.2 Å². The lowest BCUT2D eigenvalue weighted by molar-refractivity contribution is 0.455. The van der Waals surface area contributed by atoms with Crippen LogP contribution in [-0.4, -0.2) is 0 Å². The van der Waals surface area contributed by atoms with Crippen molar-refractivity contribution in [3.8, 4) is 0 Å². The average Bonchev–Trinajstić information content (AvgIpc) is 2.47. The first-order valence-electron chi connectivity index (χ1n) is 5.18. The molecule has 0 aromatic heterocycles. The van der Waals surface area contributed by atoms with Crippen molar-refractivity contribution in [2.24, 2.45) is 5.92 Å². The largest absolute Gasteiger partial charge is 0.306 e. The summed E-state index contributed by atoms with van der Waals surface area (Å²) in [7, 11) is 0. The van der Waals surface area contributed by atoms with Crippen LogP contribution < -0.4 is 5.32 Å². The summed E-state index contributed by atoms with van der Waals surface area (Å²) in [5.41, 5.74) is 2.80. The second kappa shape index (κ2) is 3.92. The number of hydrogen-bond donors (Lipinski definition) is 1. The van der Waals surface area contributed by atoms with Gasteiger partial charge in [-0.15, -0.1) is 0 Å². The molecule has 1 nitrogen and oxygen atoms in total. The van der Waals surface area contributed by atoms with Gasteiger partial charge in [0.25, 0.3) is 0 Å². The van der Waals surface area contributed by atoms with Gasteiger partial charge in [-0.1, -0.05) is 31.5 Å². The predicted molar refractivity (Wildman–Crippen MR) is 60.5 cm³/mol. The molecule has 1 aliphatic rings. The predicted octanol–water partition coefficient (Wildman–Crippen LogP) is 3.53. The second-order valence-corrected chi connectivity index (χ2v) is 4.84. The number of rotatable bonds is 2. The van der Waals surface area contributed by atoms with Crippen LogP contribution in [0.3, 0.4) is 0 Å². The van der Waals surface area contributed by atoms with E-state index in [1.807, 2.05) is 6.07 Å². The molecule has 0 amide bonds. The molecule has 1 unspecified atom stereocenters. The average molecular weight is 210 g/mol. The summed E-state index contributed by atoms with van der Waals surface area (Å²) in [6, 6.07) is 6.75. The van der Waals surface area contributed by atoms with Crippen molar-refractivity contribution in [3.05, 3.63) is 34.3 Å². The van der Waals surface area contributed by atoms with Crippen LogP contribution >= 0.6 is 11.6 Å². The molecule has 0 radical (unpaired) electrons. The monoisotopic (exact) mass is 209 g/mol. The van der Waals surface area contributed by atoms with E-state index in [0.717, 1.165) is 17.5 Å². The van der Waals surface area contributed by atoms with Crippen molar-refractivity contribution in [2.45, 2.75) is 32.9 Å². The Morgan fingerprint density at radius 1 is 1.50 bits per heavy atom. The maximum atomic E-state index is 5.95. The van der Waals surface area contributed by atoms with Gasteiger partial charge in [0.15, 0.2) is 0 Å². The third-order valence-corrected chi connectivity index (χ3v) is 2.96. The van der Waals surface area contributed by atoms with E-state index in [1.165, 1.54) is 17.5 Å². The summed E-state index contributed by atoms with van der Waals surface area (Å²) in [6.07, 6.45) is 1.20. The molecule has 2 heteroatoms. The molecule has 0 spiro atoms. The first kappa shape index (κ1) is 10.0. The highest BCUT2D eigenvalue weighted by molar-refractivity contribution is 6.30. The van der Waals surface area contributed by atoms with Gasteiger partial charge in [-0.25, -0.2) is 0 Å². The first-order chi connectivity index (χ1) is 6.66. The number of fused-ring (bicyclic) bond motifs is 1. The van der Waals surface area contributed by atoms with Gasteiger partial charge in [0.2, 0.25) is 0 Å². The van der Waals surface area contributed by atoms with Gasteiger partial charge in [-0.2, -0.15) is 0 Å². The molecule has 0 saturated carbocycles. The number of halogens is 1. The maximum absolute atomic E-state index is 5.95. The second-order valence-electron chi connectivity index (χ2n) is 4.41. The van der Waals surface area contributed by atoms with E-state index < -0.39 is 0 Å². The van der Waals surface area contributed by atoms with E-state index in [9.17, 15) is 0 Å². The Morgan fingerprint density at radius 2 is 2.29 bits per heavy atom. The summed E-state index contributed by atoms with van der Waals surface area (Å²) in [5.74, 6) is 0.731. The Labute approximate surface area is 90.5 Å². The smallest absolute Gasteiger partial charge is 0.0409 e. The first-order valence-corrected chi connectivity index (χ1v) is 5.56. The Bertz CT molecular complexity index is 333. The fourth-order valence-electron chi connectivity index (χ4n) is 2.09. The van der Waals surface area contributed by atoms with Gasteiger partial charge < -0.3 is 5.32 Å². The SMILES string of the molecule is CC(C)CC1NCc2cc(Cl)ccc21. The molecule has 0 aliphatic carbocycles. The summed E-state index contributed by atoms with van der Waals surface area (Å²) < 4.78 is 0. The zero-order valence-electron chi connectivity index (χ0n) is 8.68. The lowest BCUT2D eigenvalue weighted by Gasteiger charge is -2.14. The summed E-state index contributed by atoms with van der Waals surface area (Å²) >= 11 is 5.95. The van der Waals surface area contributed by atoms with Crippen LogP contribution in [0.2, 0.25) is 5.02 Å². The van der Waals surface area contributed by atoms with E-state index in [2.05, 4.69) is 31.3 Å². The van der Waals surface area contributed by atoms with Gasteiger partial charge >= 0.3 is 0 Å². The molecule has 1 atom stereocenters. The quantitative estimate of drug-likeness (QED) is 0.786. The Morgan fingerprint density at radius 3 is 3.00 bits per heavy atom. The molecule has 76 valence electrons. The van der Waals surface area contributed by atoms with Crippen molar-refractivity contribution >= 4 is 11.6 Å².